The average Bonchev–Trinajstić information content (AvgIpc) is 1.87. The van der Waals surface area contributed by atoms with Gasteiger partial charge < -0.3 is 10.1 Å². The van der Waals surface area contributed by atoms with Gasteiger partial charge in [0.05, 0.1) is 12.2 Å². The third-order valence-corrected chi connectivity index (χ3v) is 2.58. The Morgan fingerprint density at radius 3 is 2.80 bits per heavy atom. The summed E-state index contributed by atoms with van der Waals surface area (Å²) in [6.07, 6.45) is 2.53. The van der Waals surface area contributed by atoms with Gasteiger partial charge in [0.2, 0.25) is 0 Å². The zero-order chi connectivity index (χ0) is 7.03. The largest absolute Gasteiger partial charge is 0.372 e. The van der Waals surface area contributed by atoms with Crippen LogP contribution >= 0.6 is 0 Å². The minimum atomic E-state index is 0.262. The lowest BCUT2D eigenvalue weighted by Gasteiger charge is -2.48. The number of nitrogens with one attached hydrogen (secondary N) is 1. The van der Waals surface area contributed by atoms with E-state index in [1.54, 1.807) is 0 Å². The van der Waals surface area contributed by atoms with E-state index >= 15 is 0 Å². The lowest BCUT2D eigenvalue weighted by molar-refractivity contribution is -0.138. The van der Waals surface area contributed by atoms with Crippen molar-refractivity contribution in [1.29, 1.82) is 0 Å². The van der Waals surface area contributed by atoms with Crippen LogP contribution in [0.25, 0.3) is 0 Å². The van der Waals surface area contributed by atoms with E-state index < -0.39 is 0 Å². The summed E-state index contributed by atoms with van der Waals surface area (Å²) < 4.78 is 5.71. The lowest BCUT2D eigenvalue weighted by atomic mass is 9.71. The van der Waals surface area contributed by atoms with Gasteiger partial charge in [0.25, 0.3) is 0 Å². The molecule has 1 saturated heterocycles. The van der Waals surface area contributed by atoms with Crippen molar-refractivity contribution in [2.75, 3.05) is 19.7 Å². The molecule has 1 N–H and O–H groups in total. The van der Waals surface area contributed by atoms with Crippen LogP contribution in [0.3, 0.4) is 0 Å². The van der Waals surface area contributed by atoms with Gasteiger partial charge in [-0.3, -0.25) is 0 Å². The highest BCUT2D eigenvalue weighted by atomic mass is 16.5. The molecule has 58 valence electrons. The molecule has 0 bridgehead atoms. The fraction of sp³-hybridized carbons (Fsp3) is 1.00. The van der Waals surface area contributed by atoms with Gasteiger partial charge in [0, 0.05) is 13.1 Å². The molecule has 0 aromatic rings. The highest BCUT2D eigenvalue weighted by Crippen LogP contribution is 2.40. The molecule has 0 unspecified atom stereocenters. The summed E-state index contributed by atoms with van der Waals surface area (Å²) in [6, 6.07) is 0. The highest BCUT2D eigenvalue weighted by Gasteiger charge is 2.43. The molecule has 1 heterocycles. The molecule has 1 aliphatic carbocycles. The molecular weight excluding hydrogens is 126 g/mol. The van der Waals surface area contributed by atoms with E-state index in [4.69, 9.17) is 4.74 Å². The Hall–Kier alpha value is -0.0800. The summed E-state index contributed by atoms with van der Waals surface area (Å²) in [7, 11) is 0. The Balaban J connectivity index is 1.90. The zero-order valence-corrected chi connectivity index (χ0v) is 6.52. The molecule has 2 nitrogen and oxygen atoms in total. The van der Waals surface area contributed by atoms with Crippen molar-refractivity contribution in [2.45, 2.75) is 25.4 Å². The molecule has 0 atom stereocenters. The average molecular weight is 141 g/mol. The molecule has 0 aromatic carbocycles. The first-order valence-electron chi connectivity index (χ1n) is 4.15. The number of ether oxygens (including phenoxy) is 1. The molecule has 1 saturated carbocycles. The first-order chi connectivity index (χ1) is 4.81. The van der Waals surface area contributed by atoms with E-state index in [-0.39, 0.29) is 5.60 Å². The predicted octanol–water partition coefficient (Wildman–Crippen LogP) is 0.775. The van der Waals surface area contributed by atoms with Gasteiger partial charge in [-0.15, -0.1) is 0 Å². The van der Waals surface area contributed by atoms with Crippen molar-refractivity contribution in [3.05, 3.63) is 0 Å². The van der Waals surface area contributed by atoms with Crippen LogP contribution in [0.15, 0.2) is 0 Å². The first kappa shape index (κ1) is 6.62. The summed E-state index contributed by atoms with van der Waals surface area (Å²) in [6.45, 7) is 5.32. The fourth-order valence-corrected chi connectivity index (χ4v) is 2.18. The third kappa shape index (κ3) is 0.956. The minimum absolute atomic E-state index is 0.262. The summed E-state index contributed by atoms with van der Waals surface area (Å²) >= 11 is 0. The van der Waals surface area contributed by atoms with Gasteiger partial charge in [0.15, 0.2) is 0 Å². The highest BCUT2D eigenvalue weighted by molar-refractivity contribution is 4.97. The number of hydrogen-bond donors (Lipinski definition) is 1. The van der Waals surface area contributed by atoms with Crippen LogP contribution in [-0.4, -0.2) is 25.3 Å². The fourth-order valence-electron chi connectivity index (χ4n) is 2.18. The predicted molar refractivity (Wildman–Crippen MR) is 40.0 cm³/mol. The zero-order valence-electron chi connectivity index (χ0n) is 6.52. The molecule has 2 heteroatoms. The maximum absolute atomic E-state index is 5.71. The molecule has 1 spiro atoms. The van der Waals surface area contributed by atoms with Crippen molar-refractivity contribution >= 4 is 0 Å². The lowest BCUT2D eigenvalue weighted by Crippen LogP contribution is -2.56. The van der Waals surface area contributed by atoms with Crippen molar-refractivity contribution in [3.63, 3.8) is 0 Å². The van der Waals surface area contributed by atoms with Crippen LogP contribution in [0.5, 0.6) is 0 Å². The second-order valence-electron chi connectivity index (χ2n) is 3.72. The summed E-state index contributed by atoms with van der Waals surface area (Å²) in [5.74, 6) is 0.889. The van der Waals surface area contributed by atoms with Crippen LogP contribution in [-0.2, 0) is 4.74 Å². The smallest absolute Gasteiger partial charge is 0.0812 e. The summed E-state index contributed by atoms with van der Waals surface area (Å²) in [4.78, 5) is 0. The van der Waals surface area contributed by atoms with Crippen LogP contribution in [0, 0.1) is 5.92 Å². The van der Waals surface area contributed by atoms with Crippen molar-refractivity contribution in [1.82, 2.24) is 5.32 Å². The second-order valence-corrected chi connectivity index (χ2v) is 3.72. The van der Waals surface area contributed by atoms with Gasteiger partial charge in [-0.2, -0.15) is 0 Å². The molecule has 2 fully saturated rings. The monoisotopic (exact) mass is 141 g/mol. The maximum atomic E-state index is 5.71. The Labute approximate surface area is 61.9 Å². The Morgan fingerprint density at radius 1 is 1.50 bits per heavy atom. The number of rotatable bonds is 0. The van der Waals surface area contributed by atoms with E-state index in [1.165, 1.54) is 12.8 Å². The molecule has 0 amide bonds. The van der Waals surface area contributed by atoms with Crippen LogP contribution < -0.4 is 5.32 Å². The molecule has 10 heavy (non-hydrogen) atoms. The quantitative estimate of drug-likeness (QED) is 0.538. The van der Waals surface area contributed by atoms with Gasteiger partial charge in [-0.25, -0.2) is 0 Å². The minimum Gasteiger partial charge on any atom is -0.372 e. The van der Waals surface area contributed by atoms with E-state index in [2.05, 4.69) is 12.2 Å². The molecule has 2 aliphatic rings. The van der Waals surface area contributed by atoms with Gasteiger partial charge in [-0.1, -0.05) is 6.92 Å². The Bertz CT molecular complexity index is 114. The third-order valence-electron chi connectivity index (χ3n) is 2.58. The van der Waals surface area contributed by atoms with Gasteiger partial charge in [0.1, 0.15) is 0 Å². The Kier molecular flexibility index (Phi) is 1.46. The van der Waals surface area contributed by atoms with Crippen molar-refractivity contribution < 1.29 is 4.74 Å². The van der Waals surface area contributed by atoms with Crippen LogP contribution in [0.1, 0.15) is 19.8 Å². The van der Waals surface area contributed by atoms with Crippen molar-refractivity contribution in [3.8, 4) is 0 Å². The second kappa shape index (κ2) is 2.21. The summed E-state index contributed by atoms with van der Waals surface area (Å²) in [5, 5.41) is 3.37. The molecule has 0 radical (unpaired) electrons. The van der Waals surface area contributed by atoms with E-state index in [9.17, 15) is 0 Å². The Morgan fingerprint density at radius 2 is 2.30 bits per heavy atom. The standard InChI is InChI=1S/C8H15NO/c1-7-4-8(5-7)6-9-2-3-10-8/h7,9H,2-6H2,1H3. The van der Waals surface area contributed by atoms with Gasteiger partial charge in [-0.05, 0) is 18.8 Å². The molecular formula is C8H15NO. The topological polar surface area (TPSA) is 21.3 Å². The van der Waals surface area contributed by atoms with Crippen LogP contribution in [0.2, 0.25) is 0 Å². The maximum Gasteiger partial charge on any atom is 0.0812 e. The van der Waals surface area contributed by atoms with Crippen molar-refractivity contribution in [2.24, 2.45) is 5.92 Å². The SMILES string of the molecule is CC1CC2(CNCCO2)C1. The molecule has 2 rings (SSSR count). The van der Waals surface area contributed by atoms with Crippen LogP contribution in [0.4, 0.5) is 0 Å². The summed E-state index contributed by atoms with van der Waals surface area (Å²) in [5.41, 5.74) is 0.262. The van der Waals surface area contributed by atoms with E-state index in [0.717, 1.165) is 25.6 Å². The van der Waals surface area contributed by atoms with E-state index in [0.29, 0.717) is 0 Å². The number of hydrogen-bond acceptors (Lipinski definition) is 2. The van der Waals surface area contributed by atoms with Gasteiger partial charge >= 0.3 is 0 Å². The molecule has 1 aliphatic heterocycles. The number of morpholine rings is 1. The first-order valence-corrected chi connectivity index (χ1v) is 4.15. The normalized spacial score (nSPS) is 47.1. The van der Waals surface area contributed by atoms with E-state index in [1.807, 2.05) is 0 Å². The molecule has 0 aromatic heterocycles.